The summed E-state index contributed by atoms with van der Waals surface area (Å²) in [4.78, 5) is 12.6. The van der Waals surface area contributed by atoms with Gasteiger partial charge < -0.3 is 0 Å². The summed E-state index contributed by atoms with van der Waals surface area (Å²) in [5.41, 5.74) is -4.62. The summed E-state index contributed by atoms with van der Waals surface area (Å²) in [5, 5.41) is 0. The monoisotopic (exact) mass is 235 g/mol. The Balaban J connectivity index is 2.99. The van der Waals surface area contributed by atoms with Crippen LogP contribution in [-0.2, 0) is 15.6 Å². The van der Waals surface area contributed by atoms with Gasteiger partial charge in [-0.15, -0.1) is 0 Å². The molecule has 0 N–H and O–H groups in total. The molecule has 1 aromatic rings. The fourth-order valence-electron chi connectivity index (χ4n) is 0.831. The molecule has 0 saturated carbocycles. The van der Waals surface area contributed by atoms with E-state index in [1.54, 1.807) is 0 Å². The van der Waals surface area contributed by atoms with Crippen LogP contribution in [0, 0.1) is 0 Å². The first-order valence-corrected chi connectivity index (χ1v) is 4.76. The van der Waals surface area contributed by atoms with Crippen molar-refractivity contribution >= 4 is 22.6 Å². The minimum atomic E-state index is -4.78. The number of aliphatic imine (C=N–C) groups is 1. The summed E-state index contributed by atoms with van der Waals surface area (Å²) >= 11 is 0. The fourth-order valence-corrected chi connectivity index (χ4v) is 1.48. The predicted octanol–water partition coefficient (Wildman–Crippen LogP) is 2.28. The predicted molar refractivity (Wildman–Crippen MR) is 46.7 cm³/mol. The highest BCUT2D eigenvalue weighted by atomic mass is 32.2. The molecule has 0 aromatic heterocycles. The van der Waals surface area contributed by atoms with E-state index < -0.39 is 16.3 Å². The number of nitrogens with zero attached hydrogens (tertiary/aromatic N) is 1. The Kier molecular flexibility index (Phi) is 3.39. The number of carbonyl (C=O) groups excluding carboxylic acids is 1. The van der Waals surface area contributed by atoms with Gasteiger partial charge in [0.1, 0.15) is 0 Å². The van der Waals surface area contributed by atoms with Crippen LogP contribution in [0.4, 0.5) is 18.9 Å². The molecule has 7 heteroatoms. The average Bonchev–Trinajstić information content (AvgIpc) is 2.17. The Morgan fingerprint density at radius 1 is 1.20 bits per heavy atom. The van der Waals surface area contributed by atoms with Gasteiger partial charge >= 0.3 is 5.51 Å². The van der Waals surface area contributed by atoms with Gasteiger partial charge in [-0.25, -0.2) is 9.00 Å². The molecule has 1 atom stereocenters. The summed E-state index contributed by atoms with van der Waals surface area (Å²) in [6.07, 6.45) is 1.24. The molecule has 0 heterocycles. The van der Waals surface area contributed by atoms with E-state index in [9.17, 15) is 22.2 Å². The number of hydrogen-bond acceptors (Lipinski definition) is 3. The first kappa shape index (κ1) is 11.6. The molecule has 0 aliphatic rings. The zero-order chi connectivity index (χ0) is 11.5. The standard InChI is InChI=1S/C8H4F3NO2S/c9-8(10,11)15(14)7-3-1-6(2-4-7)12-5-13/h1-4H. The SMILES string of the molecule is O=C=Nc1ccc(S(=O)C(F)(F)F)cc1. The molecule has 0 fully saturated rings. The third-order valence-corrected chi connectivity index (χ3v) is 2.56. The van der Waals surface area contributed by atoms with Crippen LogP contribution in [0.2, 0.25) is 0 Å². The van der Waals surface area contributed by atoms with Crippen LogP contribution in [0.1, 0.15) is 0 Å². The van der Waals surface area contributed by atoms with E-state index in [2.05, 4.69) is 4.99 Å². The number of halogens is 3. The van der Waals surface area contributed by atoms with Crippen LogP contribution in [-0.4, -0.2) is 15.8 Å². The Morgan fingerprint density at radius 2 is 1.73 bits per heavy atom. The molecular weight excluding hydrogens is 231 g/mol. The molecule has 1 aromatic carbocycles. The van der Waals surface area contributed by atoms with Gasteiger partial charge in [-0.1, -0.05) is 0 Å². The highest BCUT2D eigenvalue weighted by Crippen LogP contribution is 2.27. The molecule has 0 spiro atoms. The molecule has 0 amide bonds. The molecule has 0 aliphatic heterocycles. The number of isocyanates is 1. The van der Waals surface area contributed by atoms with Crippen molar-refractivity contribution in [2.24, 2.45) is 4.99 Å². The number of benzene rings is 1. The first-order chi connectivity index (χ1) is 6.95. The van der Waals surface area contributed by atoms with Crippen molar-refractivity contribution in [1.82, 2.24) is 0 Å². The largest absolute Gasteiger partial charge is 0.475 e. The van der Waals surface area contributed by atoms with E-state index in [1.165, 1.54) is 6.08 Å². The zero-order valence-electron chi connectivity index (χ0n) is 7.12. The minimum absolute atomic E-state index is 0.160. The molecule has 0 aliphatic carbocycles. The molecule has 1 rings (SSSR count). The van der Waals surface area contributed by atoms with Crippen molar-refractivity contribution in [3.63, 3.8) is 0 Å². The summed E-state index contributed by atoms with van der Waals surface area (Å²) in [7, 11) is -3.05. The summed E-state index contributed by atoms with van der Waals surface area (Å²) in [6.45, 7) is 0. The van der Waals surface area contributed by atoms with Crippen LogP contribution in [0.15, 0.2) is 34.2 Å². The molecule has 0 radical (unpaired) electrons. The van der Waals surface area contributed by atoms with Gasteiger partial charge in [-0.05, 0) is 24.3 Å². The second-order valence-electron chi connectivity index (χ2n) is 2.41. The lowest BCUT2D eigenvalue weighted by molar-refractivity contribution is -0.0384. The van der Waals surface area contributed by atoms with Gasteiger partial charge in [0.15, 0.2) is 10.8 Å². The molecule has 80 valence electrons. The van der Waals surface area contributed by atoms with Crippen molar-refractivity contribution < 1.29 is 22.2 Å². The number of rotatable bonds is 2. The van der Waals surface area contributed by atoms with Crippen LogP contribution in [0.5, 0.6) is 0 Å². The Morgan fingerprint density at radius 3 is 2.13 bits per heavy atom. The van der Waals surface area contributed by atoms with Gasteiger partial charge in [0, 0.05) is 4.90 Å². The smallest absolute Gasteiger partial charge is 0.245 e. The number of hydrogen-bond donors (Lipinski definition) is 0. The van der Waals surface area contributed by atoms with E-state index in [0.717, 1.165) is 24.3 Å². The lowest BCUT2D eigenvalue weighted by atomic mass is 10.3. The topological polar surface area (TPSA) is 46.5 Å². The van der Waals surface area contributed by atoms with Gasteiger partial charge in [-0.3, -0.25) is 0 Å². The quantitative estimate of drug-likeness (QED) is 0.583. The van der Waals surface area contributed by atoms with E-state index >= 15 is 0 Å². The van der Waals surface area contributed by atoms with E-state index in [0.29, 0.717) is 0 Å². The molecular formula is C8H4F3NO2S. The summed E-state index contributed by atoms with van der Waals surface area (Å²) in [6, 6.07) is 4.31. The second kappa shape index (κ2) is 4.37. The van der Waals surface area contributed by atoms with Crippen LogP contribution < -0.4 is 0 Å². The summed E-state index contributed by atoms with van der Waals surface area (Å²) < 4.78 is 46.8. The van der Waals surface area contributed by atoms with Crippen molar-refractivity contribution in [3.8, 4) is 0 Å². The second-order valence-corrected chi connectivity index (χ2v) is 3.88. The van der Waals surface area contributed by atoms with Crippen LogP contribution in [0.3, 0.4) is 0 Å². The molecule has 3 nitrogen and oxygen atoms in total. The maximum Gasteiger partial charge on any atom is 0.475 e. The summed E-state index contributed by atoms with van der Waals surface area (Å²) in [5.74, 6) is 0. The Hall–Kier alpha value is -1.46. The van der Waals surface area contributed by atoms with Crippen LogP contribution in [0.25, 0.3) is 0 Å². The third-order valence-electron chi connectivity index (χ3n) is 1.44. The third kappa shape index (κ3) is 3.00. The lowest BCUT2D eigenvalue weighted by Crippen LogP contribution is -2.15. The molecule has 1 unspecified atom stereocenters. The Labute approximate surface area is 85.1 Å². The van der Waals surface area contributed by atoms with Crippen LogP contribution >= 0.6 is 0 Å². The highest BCUT2D eigenvalue weighted by molar-refractivity contribution is 7.86. The van der Waals surface area contributed by atoms with Gasteiger partial charge in [0.05, 0.1) is 5.69 Å². The maximum atomic E-state index is 12.0. The highest BCUT2D eigenvalue weighted by Gasteiger charge is 2.37. The van der Waals surface area contributed by atoms with Gasteiger partial charge in [0.2, 0.25) is 6.08 Å². The Bertz CT molecular complexity index is 421. The minimum Gasteiger partial charge on any atom is -0.245 e. The van der Waals surface area contributed by atoms with Gasteiger partial charge in [0.25, 0.3) is 0 Å². The average molecular weight is 235 g/mol. The van der Waals surface area contributed by atoms with Crippen molar-refractivity contribution in [2.45, 2.75) is 10.4 Å². The molecule has 0 bridgehead atoms. The molecule has 15 heavy (non-hydrogen) atoms. The lowest BCUT2D eigenvalue weighted by Gasteiger charge is -2.05. The first-order valence-electron chi connectivity index (χ1n) is 3.61. The van der Waals surface area contributed by atoms with E-state index in [-0.39, 0.29) is 10.6 Å². The maximum absolute atomic E-state index is 12.0. The van der Waals surface area contributed by atoms with Crippen molar-refractivity contribution in [1.29, 1.82) is 0 Å². The zero-order valence-corrected chi connectivity index (χ0v) is 7.93. The molecule has 0 saturated heterocycles. The van der Waals surface area contributed by atoms with Crippen molar-refractivity contribution in [3.05, 3.63) is 24.3 Å². The van der Waals surface area contributed by atoms with Gasteiger partial charge in [-0.2, -0.15) is 18.2 Å². The van der Waals surface area contributed by atoms with E-state index in [4.69, 9.17) is 0 Å². The normalized spacial score (nSPS) is 13.0. The number of alkyl halides is 3. The fraction of sp³-hybridized carbons (Fsp3) is 0.125. The van der Waals surface area contributed by atoms with E-state index in [1.807, 2.05) is 0 Å². The van der Waals surface area contributed by atoms with Crippen molar-refractivity contribution in [2.75, 3.05) is 0 Å².